The normalized spacial score (nSPS) is 14.0. The van der Waals surface area contributed by atoms with Gasteiger partial charge in [0.2, 0.25) is 5.88 Å². The van der Waals surface area contributed by atoms with Crippen molar-refractivity contribution < 1.29 is 18.7 Å². The third kappa shape index (κ3) is 2.55. The van der Waals surface area contributed by atoms with Crippen molar-refractivity contribution in [3.8, 4) is 17.4 Å². The summed E-state index contributed by atoms with van der Waals surface area (Å²) in [5, 5.41) is 0. The number of rotatable bonds is 1. The number of hydrogen-bond donors (Lipinski definition) is 2. The molecule has 2 bridgehead atoms. The van der Waals surface area contributed by atoms with Gasteiger partial charge in [0.15, 0.2) is 17.3 Å². The Balaban J connectivity index is 2.06. The van der Waals surface area contributed by atoms with Crippen LogP contribution in [0.1, 0.15) is 23.2 Å². The third-order valence-electron chi connectivity index (χ3n) is 3.97. The van der Waals surface area contributed by atoms with E-state index in [1.165, 1.54) is 6.20 Å². The Morgan fingerprint density at radius 3 is 2.85 bits per heavy atom. The largest absolute Gasteiger partial charge is 0.491 e. The predicted octanol–water partition coefficient (Wildman–Crippen LogP) is 0.898. The summed E-state index contributed by atoms with van der Waals surface area (Å²) in [5.74, 6) is -1.86. The number of ether oxygens (including phenoxy) is 2. The van der Waals surface area contributed by atoms with Crippen LogP contribution in [0.25, 0.3) is 17.0 Å². The van der Waals surface area contributed by atoms with Crippen LogP contribution >= 0.6 is 0 Å². The van der Waals surface area contributed by atoms with E-state index in [1.54, 1.807) is 6.07 Å². The molecule has 9 nitrogen and oxygen atoms in total. The molecule has 0 spiro atoms. The number of primary amides is 1. The Morgan fingerprint density at radius 1 is 1.31 bits per heavy atom. The van der Waals surface area contributed by atoms with E-state index in [2.05, 4.69) is 15.0 Å². The fourth-order valence-corrected chi connectivity index (χ4v) is 2.78. The zero-order valence-electron chi connectivity index (χ0n) is 13.5. The van der Waals surface area contributed by atoms with Gasteiger partial charge in [0, 0.05) is 12.3 Å². The fraction of sp³-hybridized carbons (Fsp3) is 0.250. The second-order valence-electron chi connectivity index (χ2n) is 5.69. The van der Waals surface area contributed by atoms with E-state index in [1.807, 2.05) is 0 Å². The zero-order valence-corrected chi connectivity index (χ0v) is 13.5. The fourth-order valence-electron chi connectivity index (χ4n) is 2.78. The molecule has 134 valence electrons. The first kappa shape index (κ1) is 16.1. The van der Waals surface area contributed by atoms with Gasteiger partial charge >= 0.3 is 5.69 Å². The van der Waals surface area contributed by atoms with Gasteiger partial charge in [-0.1, -0.05) is 0 Å². The van der Waals surface area contributed by atoms with Gasteiger partial charge in [0.25, 0.3) is 5.91 Å². The van der Waals surface area contributed by atoms with Gasteiger partial charge in [-0.05, 0) is 18.9 Å². The lowest BCUT2D eigenvalue weighted by Crippen LogP contribution is -2.21. The van der Waals surface area contributed by atoms with Gasteiger partial charge in [-0.2, -0.15) is 4.98 Å². The van der Waals surface area contributed by atoms with Crippen molar-refractivity contribution >= 4 is 17.1 Å². The predicted molar refractivity (Wildman–Crippen MR) is 88.2 cm³/mol. The maximum Gasteiger partial charge on any atom is 0.333 e. The molecule has 0 aliphatic carbocycles. The molecule has 1 aliphatic heterocycles. The average Bonchev–Trinajstić information content (AvgIpc) is 2.94. The summed E-state index contributed by atoms with van der Waals surface area (Å²) < 4.78 is 26.9. The van der Waals surface area contributed by atoms with Gasteiger partial charge in [-0.25, -0.2) is 18.7 Å². The van der Waals surface area contributed by atoms with E-state index < -0.39 is 17.4 Å². The van der Waals surface area contributed by atoms with Crippen molar-refractivity contribution in [1.82, 2.24) is 19.5 Å². The quantitative estimate of drug-likeness (QED) is 0.665. The third-order valence-corrected chi connectivity index (χ3v) is 3.97. The topological polar surface area (TPSA) is 125 Å². The molecule has 1 amide bonds. The highest BCUT2D eigenvalue weighted by atomic mass is 19.1. The van der Waals surface area contributed by atoms with Crippen LogP contribution in [0.2, 0.25) is 0 Å². The van der Waals surface area contributed by atoms with Crippen molar-refractivity contribution in [2.75, 3.05) is 13.2 Å². The van der Waals surface area contributed by atoms with Gasteiger partial charge < -0.3 is 15.2 Å². The smallest absolute Gasteiger partial charge is 0.333 e. The van der Waals surface area contributed by atoms with Crippen molar-refractivity contribution in [2.45, 2.75) is 12.8 Å². The Hall–Kier alpha value is -3.43. The van der Waals surface area contributed by atoms with Crippen LogP contribution in [0, 0.1) is 5.82 Å². The SMILES string of the molecule is NC(=O)c1cc(F)c2nc1OCCCCOc1ccnc3[nH]c(=O)n-2c13. The molecule has 0 saturated heterocycles. The molecular weight excluding hydrogens is 345 g/mol. The van der Waals surface area contributed by atoms with Crippen molar-refractivity contribution in [2.24, 2.45) is 5.73 Å². The molecular formula is C16H14FN5O4. The molecule has 0 radical (unpaired) electrons. The number of pyridine rings is 2. The van der Waals surface area contributed by atoms with Crippen LogP contribution in [-0.2, 0) is 0 Å². The summed E-state index contributed by atoms with van der Waals surface area (Å²) in [6.45, 7) is 0.608. The number of amides is 1. The molecule has 0 unspecified atom stereocenters. The number of hydrogen-bond acceptors (Lipinski definition) is 6. The summed E-state index contributed by atoms with van der Waals surface area (Å²) in [4.78, 5) is 34.7. The Kier molecular flexibility index (Phi) is 3.79. The number of fused-ring (bicyclic) bond motifs is 3. The van der Waals surface area contributed by atoms with E-state index in [9.17, 15) is 14.0 Å². The van der Waals surface area contributed by atoms with Gasteiger partial charge in [-0.3, -0.25) is 9.78 Å². The summed E-state index contributed by atoms with van der Waals surface area (Å²) in [6.07, 6.45) is 2.78. The summed E-state index contributed by atoms with van der Waals surface area (Å²) in [5.41, 5.74) is 4.93. The monoisotopic (exact) mass is 359 g/mol. The van der Waals surface area contributed by atoms with Crippen molar-refractivity contribution in [1.29, 1.82) is 0 Å². The minimum atomic E-state index is -0.902. The zero-order chi connectivity index (χ0) is 18.3. The van der Waals surface area contributed by atoms with Crippen LogP contribution in [-0.4, -0.2) is 38.6 Å². The lowest BCUT2D eigenvalue weighted by Gasteiger charge is -2.14. The number of nitrogens with zero attached hydrogens (tertiary/aromatic N) is 3. The summed E-state index contributed by atoms with van der Waals surface area (Å²) in [7, 11) is 0. The standard InChI is InChI=1S/C16H14FN5O4/c17-9-7-8(12(18)23)15-21-14(9)22-11-10(25-5-1-2-6-26-15)3-4-19-13(11)20-16(22)24/h3-4,7H,1-2,5-6H2,(H2,18,23)(H,19,20,24). The van der Waals surface area contributed by atoms with E-state index in [0.29, 0.717) is 25.2 Å². The van der Waals surface area contributed by atoms with Crippen molar-refractivity contribution in [3.05, 3.63) is 40.2 Å². The molecule has 4 heterocycles. The highest BCUT2D eigenvalue weighted by Gasteiger charge is 2.23. The lowest BCUT2D eigenvalue weighted by molar-refractivity contribution is 0.0994. The molecule has 26 heavy (non-hydrogen) atoms. The number of halogens is 1. The van der Waals surface area contributed by atoms with E-state index in [0.717, 1.165) is 10.6 Å². The number of aromatic nitrogens is 4. The average molecular weight is 359 g/mol. The Labute approximate surface area is 145 Å². The second-order valence-corrected chi connectivity index (χ2v) is 5.69. The number of H-pyrrole nitrogens is 1. The Morgan fingerprint density at radius 2 is 2.08 bits per heavy atom. The van der Waals surface area contributed by atoms with Crippen LogP contribution in [0.15, 0.2) is 23.1 Å². The first-order valence-corrected chi connectivity index (χ1v) is 7.92. The highest BCUT2D eigenvalue weighted by molar-refractivity contribution is 5.95. The van der Waals surface area contributed by atoms with Crippen LogP contribution in [0.3, 0.4) is 0 Å². The first-order valence-electron chi connectivity index (χ1n) is 7.92. The molecule has 3 aromatic heterocycles. The van der Waals surface area contributed by atoms with Crippen LogP contribution in [0.5, 0.6) is 11.6 Å². The molecule has 4 rings (SSSR count). The van der Waals surface area contributed by atoms with Gasteiger partial charge in [-0.15, -0.1) is 0 Å². The van der Waals surface area contributed by atoms with E-state index >= 15 is 0 Å². The second kappa shape index (κ2) is 6.14. The minimum absolute atomic E-state index is 0.123. The molecule has 3 aromatic rings. The molecule has 3 N–H and O–H groups in total. The van der Waals surface area contributed by atoms with Crippen LogP contribution in [0.4, 0.5) is 4.39 Å². The first-order chi connectivity index (χ1) is 12.6. The van der Waals surface area contributed by atoms with Crippen LogP contribution < -0.4 is 20.9 Å². The molecule has 10 heteroatoms. The van der Waals surface area contributed by atoms with E-state index in [4.69, 9.17) is 15.2 Å². The summed E-state index contributed by atoms with van der Waals surface area (Å²) in [6, 6.07) is 2.50. The number of imidazole rings is 1. The number of aromatic amines is 1. The van der Waals surface area contributed by atoms with Gasteiger partial charge in [0.1, 0.15) is 16.8 Å². The van der Waals surface area contributed by atoms with E-state index in [-0.39, 0.29) is 35.0 Å². The number of carbonyl (C=O) groups excluding carboxylic acids is 1. The number of nitrogens with two attached hydrogens (primary N) is 1. The maximum absolute atomic E-state index is 14.7. The molecule has 1 aliphatic rings. The lowest BCUT2D eigenvalue weighted by atomic mass is 10.2. The van der Waals surface area contributed by atoms with Crippen molar-refractivity contribution in [3.63, 3.8) is 0 Å². The maximum atomic E-state index is 14.7. The summed E-state index contributed by atoms with van der Waals surface area (Å²) >= 11 is 0. The molecule has 0 aromatic carbocycles. The molecule has 0 atom stereocenters. The highest BCUT2D eigenvalue weighted by Crippen LogP contribution is 2.28. The minimum Gasteiger partial charge on any atom is -0.491 e. The number of carbonyl (C=O) groups is 1. The molecule has 0 fully saturated rings. The van der Waals surface area contributed by atoms with Gasteiger partial charge in [0.05, 0.1) is 13.2 Å². The number of nitrogens with one attached hydrogen (secondary N) is 1. The Bertz CT molecular complexity index is 1070. The molecule has 0 saturated carbocycles.